The first-order valence-electron chi connectivity index (χ1n) is 6.08. The summed E-state index contributed by atoms with van der Waals surface area (Å²) >= 11 is 0. The number of nitrogens with one attached hydrogen (secondary N) is 1. The first kappa shape index (κ1) is 12.9. The van der Waals surface area contributed by atoms with E-state index in [4.69, 9.17) is 15.9 Å². The number of benzene rings is 1. The third-order valence-electron chi connectivity index (χ3n) is 3.45. The van der Waals surface area contributed by atoms with Crippen molar-refractivity contribution in [2.24, 2.45) is 5.73 Å². The van der Waals surface area contributed by atoms with E-state index in [1.54, 1.807) is 0 Å². The van der Waals surface area contributed by atoms with Crippen molar-refractivity contribution < 1.29 is 15.0 Å². The lowest BCUT2D eigenvalue weighted by molar-refractivity contribution is -0.138. The first-order chi connectivity index (χ1) is 8.63. The molecule has 0 amide bonds. The molecule has 0 fully saturated rings. The van der Waals surface area contributed by atoms with Gasteiger partial charge in [-0.05, 0) is 24.5 Å². The van der Waals surface area contributed by atoms with Crippen LogP contribution in [0.5, 0.6) is 0 Å². The average Bonchev–Trinajstić information content (AvgIpc) is 2.68. The second-order valence-corrected chi connectivity index (χ2v) is 4.64. The largest absolute Gasteiger partial charge is 0.480 e. The Morgan fingerprint density at radius 2 is 2.17 bits per heavy atom. The van der Waals surface area contributed by atoms with E-state index >= 15 is 0 Å². The van der Waals surface area contributed by atoms with E-state index in [0.717, 1.165) is 11.3 Å². The van der Waals surface area contributed by atoms with Crippen LogP contribution in [0.1, 0.15) is 24.3 Å². The van der Waals surface area contributed by atoms with Gasteiger partial charge in [-0.2, -0.15) is 0 Å². The summed E-state index contributed by atoms with van der Waals surface area (Å²) in [6.07, 6.45) is 0.968. The summed E-state index contributed by atoms with van der Waals surface area (Å²) < 4.78 is 0. The highest BCUT2D eigenvalue weighted by Crippen LogP contribution is 2.39. The van der Waals surface area contributed by atoms with Crippen LogP contribution in [0.15, 0.2) is 24.3 Å². The molecule has 1 aliphatic rings. The van der Waals surface area contributed by atoms with E-state index in [-0.39, 0.29) is 18.6 Å². The third-order valence-corrected chi connectivity index (χ3v) is 3.45. The minimum Gasteiger partial charge on any atom is -0.480 e. The number of fused-ring (bicyclic) bond motifs is 1. The third kappa shape index (κ3) is 2.47. The van der Waals surface area contributed by atoms with Crippen molar-refractivity contribution in [3.05, 3.63) is 29.8 Å². The number of aliphatic hydroxyl groups excluding tert-OH is 1. The van der Waals surface area contributed by atoms with Crippen LogP contribution in [0, 0.1) is 0 Å². The minimum absolute atomic E-state index is 0.0412. The SMILES string of the molecule is NC(C[C@@H]1c2ccccc2N[C@H]1CCO)C(=O)O. The molecule has 1 aliphatic heterocycles. The van der Waals surface area contributed by atoms with E-state index in [1.807, 2.05) is 24.3 Å². The van der Waals surface area contributed by atoms with Gasteiger partial charge in [0.05, 0.1) is 0 Å². The predicted octanol–water partition coefficient (Wildman–Crippen LogP) is 0.749. The molecule has 5 heteroatoms. The number of nitrogens with two attached hydrogens (primary N) is 1. The Kier molecular flexibility index (Phi) is 3.84. The number of hydrogen-bond donors (Lipinski definition) is 4. The molecule has 0 aliphatic carbocycles. The van der Waals surface area contributed by atoms with Crippen LogP contribution in [-0.4, -0.2) is 34.9 Å². The lowest BCUT2D eigenvalue weighted by Gasteiger charge is -2.21. The van der Waals surface area contributed by atoms with Crippen LogP contribution < -0.4 is 11.1 Å². The number of rotatable bonds is 5. The summed E-state index contributed by atoms with van der Waals surface area (Å²) in [5, 5.41) is 21.3. The Morgan fingerprint density at radius 1 is 1.44 bits per heavy atom. The molecular formula is C13H18N2O3. The lowest BCUT2D eigenvalue weighted by Crippen LogP contribution is -2.35. The van der Waals surface area contributed by atoms with E-state index in [2.05, 4.69) is 5.32 Å². The molecule has 0 radical (unpaired) electrons. The Hall–Kier alpha value is -1.59. The van der Waals surface area contributed by atoms with Gasteiger partial charge in [0.2, 0.25) is 0 Å². The number of anilines is 1. The van der Waals surface area contributed by atoms with Crippen LogP contribution in [0.2, 0.25) is 0 Å². The molecule has 1 aromatic carbocycles. The fraction of sp³-hybridized carbons (Fsp3) is 0.462. The molecule has 3 atom stereocenters. The normalized spacial score (nSPS) is 23.2. The van der Waals surface area contributed by atoms with Gasteiger partial charge in [0.15, 0.2) is 0 Å². The van der Waals surface area contributed by atoms with Gasteiger partial charge in [0.1, 0.15) is 6.04 Å². The summed E-state index contributed by atoms with van der Waals surface area (Å²) in [6.45, 7) is 0.0739. The lowest BCUT2D eigenvalue weighted by atomic mass is 9.87. The molecule has 0 saturated heterocycles. The predicted molar refractivity (Wildman–Crippen MR) is 68.5 cm³/mol. The van der Waals surface area contributed by atoms with Crippen molar-refractivity contribution in [3.8, 4) is 0 Å². The molecular weight excluding hydrogens is 232 g/mol. The highest BCUT2D eigenvalue weighted by Gasteiger charge is 2.33. The maximum atomic E-state index is 10.9. The molecule has 1 unspecified atom stereocenters. The number of para-hydroxylation sites is 1. The zero-order valence-corrected chi connectivity index (χ0v) is 10.0. The molecule has 98 valence electrons. The van der Waals surface area contributed by atoms with E-state index in [1.165, 1.54) is 0 Å². The number of carbonyl (C=O) groups is 1. The smallest absolute Gasteiger partial charge is 0.320 e. The summed E-state index contributed by atoms with van der Waals surface area (Å²) in [6, 6.07) is 7.00. The van der Waals surface area contributed by atoms with Gasteiger partial charge in [-0.15, -0.1) is 0 Å². The van der Waals surface area contributed by atoms with Gasteiger partial charge in [-0.1, -0.05) is 18.2 Å². The summed E-state index contributed by atoms with van der Waals surface area (Å²) in [5.74, 6) is -0.943. The Morgan fingerprint density at radius 3 is 2.83 bits per heavy atom. The van der Waals surface area contributed by atoms with Gasteiger partial charge in [0.25, 0.3) is 0 Å². The molecule has 2 rings (SSSR count). The second kappa shape index (κ2) is 5.37. The number of carboxylic acid groups (broad SMARTS) is 1. The highest BCUT2D eigenvalue weighted by molar-refractivity contribution is 5.73. The molecule has 1 aromatic rings. The van der Waals surface area contributed by atoms with E-state index in [9.17, 15) is 4.79 Å². The van der Waals surface area contributed by atoms with Crippen molar-refractivity contribution in [2.75, 3.05) is 11.9 Å². The van der Waals surface area contributed by atoms with Crippen molar-refractivity contribution in [2.45, 2.75) is 30.8 Å². The van der Waals surface area contributed by atoms with Crippen molar-refractivity contribution in [1.29, 1.82) is 0 Å². The van der Waals surface area contributed by atoms with Gasteiger partial charge in [-0.25, -0.2) is 0 Å². The molecule has 18 heavy (non-hydrogen) atoms. The molecule has 1 heterocycles. The van der Waals surface area contributed by atoms with Crippen LogP contribution >= 0.6 is 0 Å². The molecule has 5 N–H and O–H groups in total. The molecule has 5 nitrogen and oxygen atoms in total. The number of aliphatic carboxylic acids is 1. The van der Waals surface area contributed by atoms with Gasteiger partial charge in [0, 0.05) is 24.3 Å². The fourth-order valence-corrected chi connectivity index (χ4v) is 2.55. The van der Waals surface area contributed by atoms with Crippen LogP contribution in [0.4, 0.5) is 5.69 Å². The maximum absolute atomic E-state index is 10.9. The minimum atomic E-state index is -0.984. The quantitative estimate of drug-likeness (QED) is 0.618. The van der Waals surface area contributed by atoms with Crippen molar-refractivity contribution in [1.82, 2.24) is 0 Å². The number of hydrogen-bond acceptors (Lipinski definition) is 4. The zero-order chi connectivity index (χ0) is 13.1. The number of carboxylic acids is 1. The topological polar surface area (TPSA) is 95.6 Å². The summed E-state index contributed by atoms with van der Waals surface area (Å²) in [5.41, 5.74) is 7.72. The maximum Gasteiger partial charge on any atom is 0.320 e. The second-order valence-electron chi connectivity index (χ2n) is 4.64. The Bertz CT molecular complexity index is 436. The summed E-state index contributed by atoms with van der Waals surface area (Å²) in [7, 11) is 0. The van der Waals surface area contributed by atoms with Crippen LogP contribution in [-0.2, 0) is 4.79 Å². The molecule has 0 saturated carbocycles. The number of aliphatic hydroxyl groups is 1. The van der Waals surface area contributed by atoms with E-state index in [0.29, 0.717) is 12.8 Å². The summed E-state index contributed by atoms with van der Waals surface area (Å²) in [4.78, 5) is 10.9. The van der Waals surface area contributed by atoms with Crippen LogP contribution in [0.25, 0.3) is 0 Å². The monoisotopic (exact) mass is 250 g/mol. The average molecular weight is 250 g/mol. The highest BCUT2D eigenvalue weighted by atomic mass is 16.4. The fourth-order valence-electron chi connectivity index (χ4n) is 2.55. The Labute approximate surface area is 106 Å². The van der Waals surface area contributed by atoms with Gasteiger partial charge >= 0.3 is 5.97 Å². The molecule has 0 bridgehead atoms. The van der Waals surface area contributed by atoms with Crippen molar-refractivity contribution >= 4 is 11.7 Å². The zero-order valence-electron chi connectivity index (χ0n) is 10.0. The molecule has 0 aromatic heterocycles. The standard InChI is InChI=1S/C13H18N2O3/c14-10(13(17)18)7-9-8-3-1-2-4-11(8)15-12(9)5-6-16/h1-4,9-10,12,15-16H,5-7,14H2,(H,17,18)/t9-,10?,12+/m1/s1. The van der Waals surface area contributed by atoms with Gasteiger partial charge < -0.3 is 21.3 Å². The Balaban J connectivity index is 2.20. The molecule has 0 spiro atoms. The van der Waals surface area contributed by atoms with Gasteiger partial charge in [-0.3, -0.25) is 4.79 Å². The van der Waals surface area contributed by atoms with Crippen LogP contribution in [0.3, 0.4) is 0 Å². The van der Waals surface area contributed by atoms with Crippen molar-refractivity contribution in [3.63, 3.8) is 0 Å². The van der Waals surface area contributed by atoms with E-state index < -0.39 is 12.0 Å². The first-order valence-corrected chi connectivity index (χ1v) is 6.08.